The number of nitrogens with zero attached hydrogens (tertiary/aromatic N) is 1. The summed E-state index contributed by atoms with van der Waals surface area (Å²) in [5.74, 6) is 0. The molecule has 1 nitrogen and oxygen atoms in total. The third-order valence-electron chi connectivity index (χ3n) is 1.19. The second kappa shape index (κ2) is 3.23. The number of hydrogen-bond acceptors (Lipinski definition) is 0. The molecular weight excluding hydrogens is 110 g/mol. The van der Waals surface area contributed by atoms with E-state index < -0.39 is 0 Å². The number of rotatable bonds is 2. The van der Waals surface area contributed by atoms with Crippen molar-refractivity contribution in [2.24, 2.45) is 0 Å². The van der Waals surface area contributed by atoms with E-state index in [1.807, 2.05) is 30.6 Å². The van der Waals surface area contributed by atoms with E-state index >= 15 is 0 Å². The summed E-state index contributed by atoms with van der Waals surface area (Å²) in [5.41, 5.74) is 0. The van der Waals surface area contributed by atoms with Gasteiger partial charge in [-0.3, -0.25) is 0 Å². The predicted octanol–water partition coefficient (Wildman–Crippen LogP) is 1.20. The van der Waals surface area contributed by atoms with Gasteiger partial charge in [0.25, 0.3) is 0 Å². The van der Waals surface area contributed by atoms with Crippen LogP contribution in [0.3, 0.4) is 0 Å². The van der Waals surface area contributed by atoms with Crippen molar-refractivity contribution < 1.29 is 4.57 Å². The highest BCUT2D eigenvalue weighted by molar-refractivity contribution is 4.83. The first-order chi connectivity index (χ1) is 4.43. The molecule has 0 bridgehead atoms. The van der Waals surface area contributed by atoms with Crippen LogP contribution >= 0.6 is 0 Å². The fraction of sp³-hybridized carbons (Fsp3) is 0.250. The maximum atomic E-state index is 3.76. The smallest absolute Gasteiger partial charge is 0.168 e. The van der Waals surface area contributed by atoms with Crippen molar-refractivity contribution in [2.75, 3.05) is 0 Å². The summed E-state index contributed by atoms with van der Waals surface area (Å²) in [6.45, 7) is 4.77. The Labute approximate surface area is 56.0 Å². The summed E-state index contributed by atoms with van der Waals surface area (Å²) in [4.78, 5) is 0. The molecule has 0 amide bonds. The summed E-state index contributed by atoms with van der Waals surface area (Å²) >= 11 is 0. The predicted molar refractivity (Wildman–Crippen MR) is 36.6 cm³/mol. The van der Waals surface area contributed by atoms with Crippen molar-refractivity contribution in [3.05, 3.63) is 37.5 Å². The molecule has 1 aromatic heterocycles. The van der Waals surface area contributed by atoms with Crippen LogP contribution in [0.25, 0.3) is 0 Å². The Bertz CT molecular complexity index is 157. The fourth-order valence-corrected chi connectivity index (χ4v) is 0.766. The minimum atomic E-state index is 0.953. The van der Waals surface area contributed by atoms with Gasteiger partial charge in [0, 0.05) is 18.6 Å². The van der Waals surface area contributed by atoms with Crippen LogP contribution in [0.1, 0.15) is 6.42 Å². The van der Waals surface area contributed by atoms with Crippen LogP contribution in [-0.4, -0.2) is 0 Å². The van der Waals surface area contributed by atoms with Gasteiger partial charge < -0.3 is 0 Å². The monoisotopic (exact) mass is 121 g/mol. The molecule has 0 unspecified atom stereocenters. The Balaban J connectivity index is 2.61. The first-order valence-electron chi connectivity index (χ1n) is 3.17. The van der Waals surface area contributed by atoms with Gasteiger partial charge in [0.1, 0.15) is 6.54 Å². The van der Waals surface area contributed by atoms with Crippen molar-refractivity contribution in [3.8, 4) is 0 Å². The van der Waals surface area contributed by atoms with Gasteiger partial charge >= 0.3 is 0 Å². The average Bonchev–Trinajstić information content (AvgIpc) is 1.91. The molecule has 0 N–H and O–H groups in total. The van der Waals surface area contributed by atoms with E-state index in [0.717, 1.165) is 13.0 Å². The Morgan fingerprint density at radius 3 is 2.33 bits per heavy atom. The zero-order valence-electron chi connectivity index (χ0n) is 5.46. The maximum Gasteiger partial charge on any atom is 0.168 e. The van der Waals surface area contributed by atoms with Gasteiger partial charge in [0.2, 0.25) is 0 Å². The fourth-order valence-electron chi connectivity index (χ4n) is 0.766. The highest BCUT2D eigenvalue weighted by atomic mass is 14.9. The Kier molecular flexibility index (Phi) is 2.25. The molecule has 47 valence electrons. The van der Waals surface area contributed by atoms with Gasteiger partial charge in [-0.05, 0) is 6.92 Å². The zero-order chi connectivity index (χ0) is 6.53. The van der Waals surface area contributed by atoms with Crippen LogP contribution in [-0.2, 0) is 6.54 Å². The van der Waals surface area contributed by atoms with E-state index in [1.54, 1.807) is 0 Å². The summed E-state index contributed by atoms with van der Waals surface area (Å²) in [6, 6.07) is 6.06. The quantitative estimate of drug-likeness (QED) is 0.518. The van der Waals surface area contributed by atoms with E-state index in [-0.39, 0.29) is 0 Å². The highest BCUT2D eigenvalue weighted by Gasteiger charge is 1.90. The minimum Gasteiger partial charge on any atom is -0.205 e. The minimum absolute atomic E-state index is 0.953. The molecule has 0 aliphatic heterocycles. The summed E-state index contributed by atoms with van der Waals surface area (Å²) < 4.78 is 2.12. The Hall–Kier alpha value is -0.850. The third kappa shape index (κ3) is 1.84. The van der Waals surface area contributed by atoms with Gasteiger partial charge in [0.05, 0.1) is 0 Å². The molecule has 1 aromatic rings. The molecular formula is C8H11N+. The molecule has 0 saturated carbocycles. The van der Waals surface area contributed by atoms with E-state index in [1.165, 1.54) is 0 Å². The highest BCUT2D eigenvalue weighted by Crippen LogP contribution is 1.78. The number of aryl methyl sites for hydroxylation is 1. The lowest BCUT2D eigenvalue weighted by molar-refractivity contribution is -0.696. The van der Waals surface area contributed by atoms with E-state index in [4.69, 9.17) is 0 Å². The summed E-state index contributed by atoms with van der Waals surface area (Å²) in [7, 11) is 0. The molecule has 0 aliphatic rings. The van der Waals surface area contributed by atoms with Crippen LogP contribution in [0.5, 0.6) is 0 Å². The molecule has 0 atom stereocenters. The standard InChI is InChI=1S/C8H11N/c1-2-6-9-7-4-3-5-8-9/h3-5,7-8H,1-2,6H2/q+1. The average molecular weight is 121 g/mol. The van der Waals surface area contributed by atoms with Gasteiger partial charge in [0.15, 0.2) is 12.4 Å². The van der Waals surface area contributed by atoms with E-state index in [2.05, 4.69) is 11.5 Å². The number of aromatic nitrogens is 1. The lowest BCUT2D eigenvalue weighted by atomic mass is 10.4. The third-order valence-corrected chi connectivity index (χ3v) is 1.19. The van der Waals surface area contributed by atoms with Gasteiger partial charge in [-0.25, -0.2) is 4.57 Å². The van der Waals surface area contributed by atoms with E-state index in [0.29, 0.717) is 0 Å². The van der Waals surface area contributed by atoms with Crippen molar-refractivity contribution in [1.29, 1.82) is 0 Å². The van der Waals surface area contributed by atoms with Crippen LogP contribution in [0.4, 0.5) is 0 Å². The SMILES string of the molecule is [CH2]CC[n+]1ccccc1. The molecule has 1 heteroatoms. The van der Waals surface area contributed by atoms with Gasteiger partial charge in [-0.2, -0.15) is 0 Å². The first-order valence-corrected chi connectivity index (χ1v) is 3.17. The lowest BCUT2D eigenvalue weighted by Crippen LogP contribution is -2.31. The van der Waals surface area contributed by atoms with Crippen molar-refractivity contribution in [3.63, 3.8) is 0 Å². The largest absolute Gasteiger partial charge is 0.205 e. The number of pyridine rings is 1. The second-order valence-electron chi connectivity index (χ2n) is 1.97. The molecule has 1 heterocycles. The molecule has 0 aliphatic carbocycles. The molecule has 1 rings (SSSR count). The summed E-state index contributed by atoms with van der Waals surface area (Å²) in [5, 5.41) is 0. The number of hydrogen-bond donors (Lipinski definition) is 0. The molecule has 1 radical (unpaired) electrons. The van der Waals surface area contributed by atoms with Gasteiger partial charge in [-0.15, -0.1) is 0 Å². The second-order valence-corrected chi connectivity index (χ2v) is 1.97. The first kappa shape index (κ1) is 6.27. The van der Waals surface area contributed by atoms with Crippen molar-refractivity contribution in [2.45, 2.75) is 13.0 Å². The normalized spacial score (nSPS) is 9.44. The van der Waals surface area contributed by atoms with Crippen LogP contribution < -0.4 is 4.57 Å². The van der Waals surface area contributed by atoms with Gasteiger partial charge in [-0.1, -0.05) is 6.07 Å². The molecule has 9 heavy (non-hydrogen) atoms. The molecule has 0 aromatic carbocycles. The molecule has 0 spiro atoms. The maximum absolute atomic E-state index is 3.76. The Morgan fingerprint density at radius 1 is 1.11 bits per heavy atom. The van der Waals surface area contributed by atoms with Crippen LogP contribution in [0.15, 0.2) is 30.6 Å². The van der Waals surface area contributed by atoms with E-state index in [9.17, 15) is 0 Å². The summed E-state index contributed by atoms with van der Waals surface area (Å²) in [6.07, 6.45) is 5.05. The van der Waals surface area contributed by atoms with Crippen molar-refractivity contribution >= 4 is 0 Å². The van der Waals surface area contributed by atoms with Crippen LogP contribution in [0, 0.1) is 6.92 Å². The zero-order valence-corrected chi connectivity index (χ0v) is 5.46. The molecule has 0 saturated heterocycles. The topological polar surface area (TPSA) is 3.88 Å². The van der Waals surface area contributed by atoms with Crippen LogP contribution in [0.2, 0.25) is 0 Å². The Morgan fingerprint density at radius 2 is 1.78 bits per heavy atom. The van der Waals surface area contributed by atoms with Crippen molar-refractivity contribution in [1.82, 2.24) is 0 Å². The lowest BCUT2D eigenvalue weighted by Gasteiger charge is -1.88. The molecule has 0 fully saturated rings.